The fraction of sp³-hybridized carbons (Fsp3) is 0.263. The molecule has 2 aromatic carbocycles. The van der Waals surface area contributed by atoms with Crippen LogP contribution in [0.5, 0.6) is 5.75 Å². The Morgan fingerprint density at radius 1 is 1.15 bits per heavy atom. The molecule has 1 heterocycles. The summed E-state index contributed by atoms with van der Waals surface area (Å²) >= 11 is 0. The van der Waals surface area contributed by atoms with Crippen LogP contribution >= 0.6 is 0 Å². The lowest BCUT2D eigenvalue weighted by molar-refractivity contribution is -0.123. The summed E-state index contributed by atoms with van der Waals surface area (Å²) in [6, 6.07) is 12.8. The van der Waals surface area contributed by atoms with Gasteiger partial charge in [0.05, 0.1) is 24.0 Å². The molecule has 2 aromatic rings. The number of benzene rings is 2. The number of hydrogen-bond acceptors (Lipinski definition) is 5. The van der Waals surface area contributed by atoms with E-state index in [-0.39, 0.29) is 17.3 Å². The fourth-order valence-corrected chi connectivity index (χ4v) is 5.02. The number of sulfonamides is 1. The summed E-state index contributed by atoms with van der Waals surface area (Å²) in [5.41, 5.74) is 0.164. The maximum atomic E-state index is 12.4. The third kappa shape index (κ3) is 3.66. The van der Waals surface area contributed by atoms with E-state index in [1.807, 2.05) is 0 Å². The summed E-state index contributed by atoms with van der Waals surface area (Å²) in [6.45, 7) is 3.20. The van der Waals surface area contributed by atoms with E-state index in [4.69, 9.17) is 4.74 Å². The van der Waals surface area contributed by atoms with Crippen molar-refractivity contribution in [2.45, 2.75) is 13.8 Å². The van der Waals surface area contributed by atoms with Gasteiger partial charge in [0.25, 0.3) is 5.91 Å². The molecule has 0 radical (unpaired) electrons. The minimum Gasteiger partial charge on any atom is -0.497 e. The van der Waals surface area contributed by atoms with Crippen LogP contribution in [-0.4, -0.2) is 33.1 Å². The van der Waals surface area contributed by atoms with Crippen LogP contribution in [0.2, 0.25) is 0 Å². The van der Waals surface area contributed by atoms with Crippen molar-refractivity contribution in [3.05, 3.63) is 54.1 Å². The van der Waals surface area contributed by atoms with E-state index in [1.54, 1.807) is 38.1 Å². The Bertz CT molecular complexity index is 997. The van der Waals surface area contributed by atoms with Crippen molar-refractivity contribution >= 4 is 33.2 Å². The molecule has 0 aliphatic carbocycles. The summed E-state index contributed by atoms with van der Waals surface area (Å²) in [5, 5.41) is 2.74. The van der Waals surface area contributed by atoms with E-state index in [0.29, 0.717) is 17.0 Å². The van der Waals surface area contributed by atoms with Gasteiger partial charge in [0, 0.05) is 17.3 Å². The van der Waals surface area contributed by atoms with Gasteiger partial charge in [-0.05, 0) is 50.2 Å². The van der Waals surface area contributed by atoms with E-state index in [1.165, 1.54) is 31.4 Å². The van der Waals surface area contributed by atoms with Gasteiger partial charge in [0.2, 0.25) is 15.9 Å². The zero-order valence-electron chi connectivity index (χ0n) is 15.2. The highest BCUT2D eigenvalue weighted by Crippen LogP contribution is 2.35. The van der Waals surface area contributed by atoms with Crippen molar-refractivity contribution in [1.29, 1.82) is 0 Å². The predicted molar refractivity (Wildman–Crippen MR) is 102 cm³/mol. The molecule has 2 amide bonds. The molecule has 1 aliphatic rings. The van der Waals surface area contributed by atoms with Crippen LogP contribution in [0.4, 0.5) is 11.4 Å². The third-order valence-corrected chi connectivity index (χ3v) is 6.30. The lowest BCUT2D eigenvalue weighted by Crippen LogP contribution is -2.32. The molecule has 0 unspecified atom stereocenters. The average Bonchev–Trinajstić information content (AvgIpc) is 2.78. The number of methoxy groups -OCH3 is 1. The molecule has 1 saturated heterocycles. The summed E-state index contributed by atoms with van der Waals surface area (Å²) in [6.07, 6.45) is 0. The van der Waals surface area contributed by atoms with Gasteiger partial charge >= 0.3 is 0 Å². The van der Waals surface area contributed by atoms with Crippen molar-refractivity contribution in [2.24, 2.45) is 5.41 Å². The number of carbonyl (C=O) groups is 2. The molecule has 1 aliphatic heterocycles. The second kappa shape index (κ2) is 6.70. The Labute approximate surface area is 158 Å². The quantitative estimate of drug-likeness (QED) is 0.869. The van der Waals surface area contributed by atoms with Gasteiger partial charge in [-0.15, -0.1) is 0 Å². The largest absolute Gasteiger partial charge is 0.497 e. The van der Waals surface area contributed by atoms with Crippen molar-refractivity contribution in [1.82, 2.24) is 0 Å². The molecule has 3 rings (SSSR count). The molecule has 0 spiro atoms. The Hall–Kier alpha value is -2.87. The van der Waals surface area contributed by atoms with Crippen LogP contribution in [0, 0.1) is 5.41 Å². The van der Waals surface area contributed by atoms with E-state index in [0.717, 1.165) is 4.31 Å². The van der Waals surface area contributed by atoms with Gasteiger partial charge in [0.15, 0.2) is 0 Å². The van der Waals surface area contributed by atoms with Crippen molar-refractivity contribution in [3.63, 3.8) is 0 Å². The minimum absolute atomic E-state index is 0.225. The molecule has 0 atom stereocenters. The Morgan fingerprint density at radius 2 is 1.81 bits per heavy atom. The second-order valence-electron chi connectivity index (χ2n) is 6.94. The first-order valence-corrected chi connectivity index (χ1v) is 9.88. The normalized spacial score (nSPS) is 17.6. The molecule has 27 heavy (non-hydrogen) atoms. The molecule has 7 nitrogen and oxygen atoms in total. The minimum atomic E-state index is -3.72. The van der Waals surface area contributed by atoms with E-state index in [2.05, 4.69) is 5.32 Å². The highest BCUT2D eigenvalue weighted by Gasteiger charge is 2.49. The number of amides is 2. The molecular weight excluding hydrogens is 368 g/mol. The molecule has 1 fully saturated rings. The van der Waals surface area contributed by atoms with Crippen molar-refractivity contribution in [2.75, 3.05) is 22.5 Å². The highest BCUT2D eigenvalue weighted by atomic mass is 32.2. The molecule has 1 N–H and O–H groups in total. The standard InChI is InChI=1S/C19H20N2O5S/c1-19(2)12-27(24,25)21(18(19)23)15-9-7-13(8-10-15)17(22)20-14-5-4-6-16(11-14)26-3/h4-11H,12H2,1-3H3,(H,20,22). The fourth-order valence-electron chi connectivity index (χ4n) is 2.91. The average molecular weight is 388 g/mol. The van der Waals surface area contributed by atoms with Gasteiger partial charge in [-0.2, -0.15) is 0 Å². The van der Waals surface area contributed by atoms with E-state index < -0.39 is 21.3 Å². The molecule has 0 bridgehead atoms. The number of nitrogens with zero attached hydrogens (tertiary/aromatic N) is 1. The smallest absolute Gasteiger partial charge is 0.255 e. The molecule has 142 valence electrons. The van der Waals surface area contributed by atoms with Gasteiger partial charge in [-0.25, -0.2) is 12.7 Å². The number of nitrogens with one attached hydrogen (secondary N) is 1. The first-order chi connectivity index (χ1) is 12.6. The summed E-state index contributed by atoms with van der Waals surface area (Å²) in [5.74, 6) is -0.456. The Kier molecular flexibility index (Phi) is 4.69. The number of ether oxygens (including phenoxy) is 1. The van der Waals surface area contributed by atoms with Gasteiger partial charge in [0.1, 0.15) is 5.75 Å². The second-order valence-corrected chi connectivity index (χ2v) is 8.76. The summed E-state index contributed by atoms with van der Waals surface area (Å²) in [4.78, 5) is 24.8. The number of hydrogen-bond donors (Lipinski definition) is 1. The predicted octanol–water partition coefficient (Wildman–Crippen LogP) is 2.65. The molecular formula is C19H20N2O5S. The maximum Gasteiger partial charge on any atom is 0.255 e. The Balaban J connectivity index is 1.81. The monoisotopic (exact) mass is 388 g/mol. The van der Waals surface area contributed by atoms with Gasteiger partial charge in [-0.1, -0.05) is 6.07 Å². The summed E-state index contributed by atoms with van der Waals surface area (Å²) in [7, 11) is -2.18. The summed E-state index contributed by atoms with van der Waals surface area (Å²) < 4.78 is 30.6. The lowest BCUT2D eigenvalue weighted by atomic mass is 9.95. The Morgan fingerprint density at radius 3 is 2.37 bits per heavy atom. The van der Waals surface area contributed by atoms with Gasteiger partial charge < -0.3 is 10.1 Å². The third-order valence-electron chi connectivity index (χ3n) is 4.28. The molecule has 0 saturated carbocycles. The maximum absolute atomic E-state index is 12.4. The zero-order valence-corrected chi connectivity index (χ0v) is 16.0. The van der Waals surface area contributed by atoms with Crippen LogP contribution in [0.15, 0.2) is 48.5 Å². The van der Waals surface area contributed by atoms with E-state index >= 15 is 0 Å². The van der Waals surface area contributed by atoms with Crippen LogP contribution in [0.25, 0.3) is 0 Å². The lowest BCUT2D eigenvalue weighted by Gasteiger charge is -2.17. The van der Waals surface area contributed by atoms with Crippen molar-refractivity contribution < 1.29 is 22.7 Å². The van der Waals surface area contributed by atoms with Crippen molar-refractivity contribution in [3.8, 4) is 5.75 Å². The van der Waals surface area contributed by atoms with Crippen LogP contribution in [0.1, 0.15) is 24.2 Å². The van der Waals surface area contributed by atoms with Crippen LogP contribution in [-0.2, 0) is 14.8 Å². The first-order valence-electron chi connectivity index (χ1n) is 8.27. The zero-order chi connectivity index (χ0) is 19.8. The first kappa shape index (κ1) is 18.9. The number of carbonyl (C=O) groups excluding carboxylic acids is 2. The SMILES string of the molecule is COc1cccc(NC(=O)c2ccc(N3C(=O)C(C)(C)CS3(=O)=O)cc2)c1. The highest BCUT2D eigenvalue weighted by molar-refractivity contribution is 7.94. The van der Waals surface area contributed by atoms with Gasteiger partial charge in [-0.3, -0.25) is 9.59 Å². The van der Waals surface area contributed by atoms with Crippen LogP contribution in [0.3, 0.4) is 0 Å². The topological polar surface area (TPSA) is 92.8 Å². The number of rotatable bonds is 4. The van der Waals surface area contributed by atoms with E-state index in [9.17, 15) is 18.0 Å². The number of anilines is 2. The van der Waals surface area contributed by atoms with Crippen LogP contribution < -0.4 is 14.4 Å². The molecule has 0 aromatic heterocycles. The molecule has 8 heteroatoms.